The third kappa shape index (κ3) is 1.54. The number of aromatic nitrogens is 2. The smallest absolute Gasteiger partial charge is 0.145 e. The van der Waals surface area contributed by atoms with Crippen molar-refractivity contribution < 1.29 is 5.11 Å². The van der Waals surface area contributed by atoms with E-state index in [9.17, 15) is 5.11 Å². The summed E-state index contributed by atoms with van der Waals surface area (Å²) in [5, 5.41) is 11.6. The molecule has 3 N–H and O–H groups in total. The minimum atomic E-state index is 0.286. The first-order valence-electron chi connectivity index (χ1n) is 5.58. The fraction of sp³-hybridized carbons (Fsp3) is 0.154. The van der Waals surface area contributed by atoms with Crippen LogP contribution in [0.25, 0.3) is 16.4 Å². The SMILES string of the molecule is NCCc1cn2ccc3c(O)cccc3c2n1. The van der Waals surface area contributed by atoms with Crippen LogP contribution >= 0.6 is 0 Å². The first-order chi connectivity index (χ1) is 8.29. The number of fused-ring (bicyclic) bond motifs is 3. The highest BCUT2D eigenvalue weighted by atomic mass is 16.3. The van der Waals surface area contributed by atoms with Crippen molar-refractivity contribution in [3.63, 3.8) is 0 Å². The highest BCUT2D eigenvalue weighted by Gasteiger charge is 2.07. The lowest BCUT2D eigenvalue weighted by Crippen LogP contribution is -2.02. The molecular formula is C13H13N3O. The Bertz CT molecular complexity index is 688. The Morgan fingerprint density at radius 2 is 2.12 bits per heavy atom. The highest BCUT2D eigenvalue weighted by Crippen LogP contribution is 2.27. The topological polar surface area (TPSA) is 63.5 Å². The van der Waals surface area contributed by atoms with E-state index in [1.807, 2.05) is 35.0 Å². The van der Waals surface area contributed by atoms with Crippen LogP contribution < -0.4 is 5.73 Å². The molecule has 0 aliphatic rings. The van der Waals surface area contributed by atoms with Gasteiger partial charge in [0.2, 0.25) is 0 Å². The van der Waals surface area contributed by atoms with E-state index < -0.39 is 0 Å². The summed E-state index contributed by atoms with van der Waals surface area (Å²) in [6, 6.07) is 7.37. The minimum Gasteiger partial charge on any atom is -0.507 e. The number of rotatable bonds is 2. The summed E-state index contributed by atoms with van der Waals surface area (Å²) in [5.74, 6) is 0.286. The number of hydrogen-bond donors (Lipinski definition) is 2. The van der Waals surface area contributed by atoms with Crippen LogP contribution in [-0.4, -0.2) is 21.0 Å². The summed E-state index contributed by atoms with van der Waals surface area (Å²) in [5.41, 5.74) is 7.37. The third-order valence-electron chi connectivity index (χ3n) is 2.91. The normalized spacial score (nSPS) is 11.4. The van der Waals surface area contributed by atoms with Gasteiger partial charge in [0.05, 0.1) is 5.69 Å². The molecule has 0 radical (unpaired) electrons. The van der Waals surface area contributed by atoms with Gasteiger partial charge in [-0.15, -0.1) is 0 Å². The van der Waals surface area contributed by atoms with Crippen LogP contribution in [0.2, 0.25) is 0 Å². The van der Waals surface area contributed by atoms with Crippen LogP contribution in [0.4, 0.5) is 0 Å². The molecule has 0 saturated heterocycles. The van der Waals surface area contributed by atoms with Crippen molar-refractivity contribution in [1.29, 1.82) is 0 Å². The number of pyridine rings is 1. The van der Waals surface area contributed by atoms with E-state index in [0.717, 1.165) is 28.5 Å². The number of nitrogens with zero attached hydrogens (tertiary/aromatic N) is 2. The molecule has 4 nitrogen and oxygen atoms in total. The molecule has 2 heterocycles. The average molecular weight is 227 g/mol. The van der Waals surface area contributed by atoms with Gasteiger partial charge in [-0.3, -0.25) is 0 Å². The van der Waals surface area contributed by atoms with Crippen molar-refractivity contribution in [2.75, 3.05) is 6.54 Å². The predicted octanol–water partition coefficient (Wildman–Crippen LogP) is 1.69. The molecule has 86 valence electrons. The zero-order valence-electron chi connectivity index (χ0n) is 9.30. The van der Waals surface area contributed by atoms with E-state index in [0.29, 0.717) is 6.54 Å². The lowest BCUT2D eigenvalue weighted by Gasteiger charge is -2.01. The van der Waals surface area contributed by atoms with Gasteiger partial charge in [0.1, 0.15) is 11.4 Å². The van der Waals surface area contributed by atoms with Gasteiger partial charge in [-0.25, -0.2) is 4.98 Å². The van der Waals surface area contributed by atoms with Crippen molar-refractivity contribution in [3.8, 4) is 5.75 Å². The van der Waals surface area contributed by atoms with E-state index in [-0.39, 0.29) is 5.75 Å². The second-order valence-corrected chi connectivity index (χ2v) is 4.06. The van der Waals surface area contributed by atoms with E-state index in [1.165, 1.54) is 0 Å². The third-order valence-corrected chi connectivity index (χ3v) is 2.91. The largest absolute Gasteiger partial charge is 0.507 e. The highest BCUT2D eigenvalue weighted by molar-refractivity contribution is 5.97. The predicted molar refractivity (Wildman–Crippen MR) is 67.1 cm³/mol. The molecular weight excluding hydrogens is 214 g/mol. The van der Waals surface area contributed by atoms with Crippen molar-refractivity contribution >= 4 is 16.4 Å². The fourth-order valence-corrected chi connectivity index (χ4v) is 2.10. The van der Waals surface area contributed by atoms with Crippen LogP contribution in [0.5, 0.6) is 5.75 Å². The average Bonchev–Trinajstić information content (AvgIpc) is 2.73. The molecule has 0 atom stereocenters. The number of nitrogens with two attached hydrogens (primary N) is 1. The molecule has 0 bridgehead atoms. The zero-order valence-corrected chi connectivity index (χ0v) is 9.30. The van der Waals surface area contributed by atoms with E-state index in [1.54, 1.807) is 6.07 Å². The first-order valence-corrected chi connectivity index (χ1v) is 5.58. The molecule has 0 saturated carbocycles. The Balaban J connectivity index is 2.35. The van der Waals surface area contributed by atoms with Gasteiger partial charge in [-0.1, -0.05) is 12.1 Å². The number of phenols is 1. The first kappa shape index (κ1) is 10.1. The lowest BCUT2D eigenvalue weighted by atomic mass is 10.1. The van der Waals surface area contributed by atoms with Gasteiger partial charge in [0.25, 0.3) is 0 Å². The summed E-state index contributed by atoms with van der Waals surface area (Å²) in [6.07, 6.45) is 4.65. The van der Waals surface area contributed by atoms with Gasteiger partial charge in [-0.2, -0.15) is 0 Å². The summed E-state index contributed by atoms with van der Waals surface area (Å²) in [6.45, 7) is 0.590. The Labute approximate surface area is 98.3 Å². The lowest BCUT2D eigenvalue weighted by molar-refractivity contribution is 0.481. The monoisotopic (exact) mass is 227 g/mol. The molecule has 0 fully saturated rings. The Morgan fingerprint density at radius 1 is 1.24 bits per heavy atom. The van der Waals surface area contributed by atoms with Crippen molar-refractivity contribution in [2.45, 2.75) is 6.42 Å². The zero-order chi connectivity index (χ0) is 11.8. The number of benzene rings is 1. The van der Waals surface area contributed by atoms with Crippen molar-refractivity contribution in [1.82, 2.24) is 9.38 Å². The van der Waals surface area contributed by atoms with Gasteiger partial charge in [0.15, 0.2) is 0 Å². The van der Waals surface area contributed by atoms with Crippen LogP contribution in [-0.2, 0) is 6.42 Å². The molecule has 0 aliphatic carbocycles. The molecule has 3 rings (SSSR count). The summed E-state index contributed by atoms with van der Waals surface area (Å²) >= 11 is 0. The number of aromatic hydroxyl groups is 1. The Kier molecular flexibility index (Phi) is 2.23. The second kappa shape index (κ2) is 3.75. The van der Waals surface area contributed by atoms with Crippen molar-refractivity contribution in [2.24, 2.45) is 5.73 Å². The molecule has 0 amide bonds. The molecule has 2 aromatic heterocycles. The maximum atomic E-state index is 9.78. The van der Waals surface area contributed by atoms with Crippen LogP contribution in [0.3, 0.4) is 0 Å². The Hall–Kier alpha value is -2.07. The molecule has 17 heavy (non-hydrogen) atoms. The standard InChI is InChI=1S/C13H13N3O/c14-6-4-9-8-16-7-5-10-11(13(16)15-9)2-1-3-12(10)17/h1-3,5,7-8,17H,4,6,14H2. The molecule has 1 aromatic carbocycles. The number of hydrogen-bond acceptors (Lipinski definition) is 3. The molecule has 4 heteroatoms. The molecule has 0 aliphatic heterocycles. The Morgan fingerprint density at radius 3 is 2.94 bits per heavy atom. The summed E-state index contributed by atoms with van der Waals surface area (Å²) in [7, 11) is 0. The van der Waals surface area contributed by atoms with Gasteiger partial charge >= 0.3 is 0 Å². The second-order valence-electron chi connectivity index (χ2n) is 4.06. The molecule has 0 spiro atoms. The quantitative estimate of drug-likeness (QED) is 0.700. The van der Waals surface area contributed by atoms with E-state index in [4.69, 9.17) is 5.73 Å². The molecule has 3 aromatic rings. The van der Waals surface area contributed by atoms with Crippen LogP contribution in [0, 0.1) is 0 Å². The van der Waals surface area contributed by atoms with Gasteiger partial charge in [-0.05, 0) is 18.7 Å². The maximum absolute atomic E-state index is 9.78. The number of phenolic OH excluding ortho intramolecular Hbond substituents is 1. The summed E-state index contributed by atoms with van der Waals surface area (Å²) < 4.78 is 1.97. The maximum Gasteiger partial charge on any atom is 0.145 e. The van der Waals surface area contributed by atoms with Gasteiger partial charge < -0.3 is 15.2 Å². The van der Waals surface area contributed by atoms with Gasteiger partial charge in [0, 0.05) is 29.6 Å². The fourth-order valence-electron chi connectivity index (χ4n) is 2.10. The van der Waals surface area contributed by atoms with Crippen LogP contribution in [0.15, 0.2) is 36.7 Å². The van der Waals surface area contributed by atoms with E-state index >= 15 is 0 Å². The summed E-state index contributed by atoms with van der Waals surface area (Å²) in [4.78, 5) is 4.54. The molecule has 0 unspecified atom stereocenters. The minimum absolute atomic E-state index is 0.286. The number of imidazole rings is 1. The van der Waals surface area contributed by atoms with Crippen LogP contribution in [0.1, 0.15) is 5.69 Å². The van der Waals surface area contributed by atoms with Crippen molar-refractivity contribution in [3.05, 3.63) is 42.4 Å². The van der Waals surface area contributed by atoms with E-state index in [2.05, 4.69) is 4.98 Å².